The fourth-order valence-electron chi connectivity index (χ4n) is 2.30. The molecule has 0 spiro atoms. The van der Waals surface area contributed by atoms with Gasteiger partial charge in [-0.25, -0.2) is 0 Å². The molecule has 0 saturated heterocycles. The van der Waals surface area contributed by atoms with Crippen LogP contribution < -0.4 is 0 Å². The highest BCUT2D eigenvalue weighted by Gasteiger charge is 2.19. The van der Waals surface area contributed by atoms with Crippen LogP contribution in [0.2, 0.25) is 0 Å². The standard InChI is InChI=1S/C11H21NO2/c1-2-7-12(9-11(13)14)8-10-5-3-4-6-10/h10H,2-9H2,1H3,(H,13,14). The molecule has 3 heteroatoms. The molecular formula is C11H21NO2. The van der Waals surface area contributed by atoms with E-state index in [1.165, 1.54) is 25.7 Å². The zero-order valence-electron chi connectivity index (χ0n) is 9.04. The number of carboxylic acids is 1. The van der Waals surface area contributed by atoms with Gasteiger partial charge in [-0.2, -0.15) is 0 Å². The molecule has 0 aromatic heterocycles. The van der Waals surface area contributed by atoms with Crippen molar-refractivity contribution in [1.29, 1.82) is 0 Å². The van der Waals surface area contributed by atoms with E-state index in [1.54, 1.807) is 0 Å². The van der Waals surface area contributed by atoms with E-state index in [0.29, 0.717) is 0 Å². The minimum Gasteiger partial charge on any atom is -0.480 e. The van der Waals surface area contributed by atoms with E-state index in [1.807, 2.05) is 0 Å². The zero-order valence-corrected chi connectivity index (χ0v) is 9.04. The number of carbonyl (C=O) groups is 1. The van der Waals surface area contributed by atoms with Gasteiger partial charge in [0.15, 0.2) is 0 Å². The van der Waals surface area contributed by atoms with Gasteiger partial charge < -0.3 is 5.11 Å². The molecule has 0 heterocycles. The SMILES string of the molecule is CCCN(CC(=O)O)CC1CCCC1. The van der Waals surface area contributed by atoms with Gasteiger partial charge in [0, 0.05) is 6.54 Å². The summed E-state index contributed by atoms with van der Waals surface area (Å²) in [5, 5.41) is 8.74. The molecule has 14 heavy (non-hydrogen) atoms. The molecule has 3 nitrogen and oxygen atoms in total. The van der Waals surface area contributed by atoms with Crippen LogP contribution in [-0.4, -0.2) is 35.6 Å². The topological polar surface area (TPSA) is 40.5 Å². The fraction of sp³-hybridized carbons (Fsp3) is 0.909. The van der Waals surface area contributed by atoms with Gasteiger partial charge in [0.25, 0.3) is 0 Å². The summed E-state index contributed by atoms with van der Waals surface area (Å²) in [6, 6.07) is 0. The molecule has 82 valence electrons. The Labute approximate surface area is 86.1 Å². The first-order valence-electron chi connectivity index (χ1n) is 5.66. The van der Waals surface area contributed by atoms with Crippen LogP contribution in [0.5, 0.6) is 0 Å². The first-order valence-corrected chi connectivity index (χ1v) is 5.66. The molecule has 0 aromatic rings. The molecule has 0 aromatic carbocycles. The first kappa shape index (κ1) is 11.5. The number of carboxylic acid groups (broad SMARTS) is 1. The van der Waals surface area contributed by atoms with Crippen molar-refractivity contribution in [3.8, 4) is 0 Å². The lowest BCUT2D eigenvalue weighted by Gasteiger charge is -2.22. The Kier molecular flexibility index (Phi) is 4.94. The van der Waals surface area contributed by atoms with Crippen molar-refractivity contribution in [3.05, 3.63) is 0 Å². The quantitative estimate of drug-likeness (QED) is 0.711. The summed E-state index contributed by atoms with van der Waals surface area (Å²) in [6.07, 6.45) is 6.29. The van der Waals surface area contributed by atoms with Gasteiger partial charge >= 0.3 is 5.97 Å². The summed E-state index contributed by atoms with van der Waals surface area (Å²) in [4.78, 5) is 12.7. The molecule has 1 aliphatic rings. The highest BCUT2D eigenvalue weighted by atomic mass is 16.4. The van der Waals surface area contributed by atoms with Crippen molar-refractivity contribution >= 4 is 5.97 Å². The molecule has 1 aliphatic carbocycles. The minimum absolute atomic E-state index is 0.213. The van der Waals surface area contributed by atoms with Gasteiger partial charge in [0.05, 0.1) is 6.54 Å². The number of hydrogen-bond acceptors (Lipinski definition) is 2. The smallest absolute Gasteiger partial charge is 0.317 e. The van der Waals surface area contributed by atoms with Gasteiger partial charge in [-0.1, -0.05) is 19.8 Å². The molecule has 0 amide bonds. The van der Waals surface area contributed by atoms with Gasteiger partial charge in [-0.15, -0.1) is 0 Å². The molecule has 1 N–H and O–H groups in total. The third-order valence-corrected chi connectivity index (χ3v) is 2.89. The summed E-state index contributed by atoms with van der Waals surface area (Å²) in [6.45, 7) is 4.22. The van der Waals surface area contributed by atoms with Crippen molar-refractivity contribution in [1.82, 2.24) is 4.90 Å². The average Bonchev–Trinajstić information content (AvgIpc) is 2.56. The Bertz CT molecular complexity index is 176. The molecule has 1 fully saturated rings. The second-order valence-electron chi connectivity index (χ2n) is 4.28. The highest BCUT2D eigenvalue weighted by Crippen LogP contribution is 2.25. The van der Waals surface area contributed by atoms with Crippen LogP contribution in [0.1, 0.15) is 39.0 Å². The van der Waals surface area contributed by atoms with E-state index >= 15 is 0 Å². The number of aliphatic carboxylic acids is 1. The first-order chi connectivity index (χ1) is 6.72. The van der Waals surface area contributed by atoms with E-state index in [-0.39, 0.29) is 6.54 Å². The maximum absolute atomic E-state index is 10.6. The molecular weight excluding hydrogens is 178 g/mol. The lowest BCUT2D eigenvalue weighted by atomic mass is 10.1. The van der Waals surface area contributed by atoms with Crippen molar-refractivity contribution in [2.24, 2.45) is 5.92 Å². The van der Waals surface area contributed by atoms with E-state index < -0.39 is 5.97 Å². The van der Waals surface area contributed by atoms with Crippen LogP contribution in [0.4, 0.5) is 0 Å². The number of rotatable bonds is 6. The van der Waals surface area contributed by atoms with Crippen LogP contribution in [0, 0.1) is 5.92 Å². The second kappa shape index (κ2) is 6.02. The summed E-state index contributed by atoms with van der Waals surface area (Å²) >= 11 is 0. The molecule has 1 rings (SSSR count). The zero-order chi connectivity index (χ0) is 10.4. The fourth-order valence-corrected chi connectivity index (χ4v) is 2.30. The van der Waals surface area contributed by atoms with Crippen LogP contribution in [0.3, 0.4) is 0 Å². The van der Waals surface area contributed by atoms with Crippen molar-refractivity contribution in [2.45, 2.75) is 39.0 Å². The molecule has 0 bridgehead atoms. The summed E-state index contributed by atoms with van der Waals surface area (Å²) in [5.74, 6) is 0.0531. The van der Waals surface area contributed by atoms with Gasteiger partial charge in [-0.05, 0) is 31.7 Å². The largest absolute Gasteiger partial charge is 0.480 e. The third kappa shape index (κ3) is 4.09. The van der Waals surface area contributed by atoms with Gasteiger partial charge in [-0.3, -0.25) is 9.69 Å². The third-order valence-electron chi connectivity index (χ3n) is 2.89. The summed E-state index contributed by atoms with van der Waals surface area (Å²) in [5.41, 5.74) is 0. The Morgan fingerprint density at radius 3 is 2.57 bits per heavy atom. The monoisotopic (exact) mass is 199 g/mol. The Morgan fingerprint density at radius 1 is 1.43 bits per heavy atom. The summed E-state index contributed by atoms with van der Waals surface area (Å²) < 4.78 is 0. The van der Waals surface area contributed by atoms with Crippen molar-refractivity contribution in [2.75, 3.05) is 19.6 Å². The van der Waals surface area contributed by atoms with Crippen molar-refractivity contribution in [3.63, 3.8) is 0 Å². The maximum atomic E-state index is 10.6. The lowest BCUT2D eigenvalue weighted by Crippen LogP contribution is -2.34. The van der Waals surface area contributed by atoms with Gasteiger partial charge in [0.1, 0.15) is 0 Å². The molecule has 0 aliphatic heterocycles. The van der Waals surface area contributed by atoms with Crippen LogP contribution in [-0.2, 0) is 4.79 Å². The Morgan fingerprint density at radius 2 is 2.07 bits per heavy atom. The molecule has 1 saturated carbocycles. The van der Waals surface area contributed by atoms with Crippen LogP contribution >= 0.6 is 0 Å². The van der Waals surface area contributed by atoms with Crippen molar-refractivity contribution < 1.29 is 9.90 Å². The molecule has 0 radical (unpaired) electrons. The highest BCUT2D eigenvalue weighted by molar-refractivity contribution is 5.69. The Balaban J connectivity index is 2.29. The summed E-state index contributed by atoms with van der Waals surface area (Å²) in [7, 11) is 0. The minimum atomic E-state index is -0.698. The predicted molar refractivity (Wildman–Crippen MR) is 56.3 cm³/mol. The second-order valence-corrected chi connectivity index (χ2v) is 4.28. The van der Waals surface area contributed by atoms with E-state index in [2.05, 4.69) is 11.8 Å². The molecule has 0 atom stereocenters. The maximum Gasteiger partial charge on any atom is 0.317 e. The van der Waals surface area contributed by atoms with Crippen LogP contribution in [0.15, 0.2) is 0 Å². The van der Waals surface area contributed by atoms with E-state index in [0.717, 1.165) is 25.4 Å². The van der Waals surface area contributed by atoms with E-state index in [4.69, 9.17) is 5.11 Å². The Hall–Kier alpha value is -0.570. The number of hydrogen-bond donors (Lipinski definition) is 1. The predicted octanol–water partition coefficient (Wildman–Crippen LogP) is 1.97. The normalized spacial score (nSPS) is 17.9. The number of nitrogens with zero attached hydrogens (tertiary/aromatic N) is 1. The average molecular weight is 199 g/mol. The van der Waals surface area contributed by atoms with E-state index in [9.17, 15) is 4.79 Å². The molecule has 0 unspecified atom stereocenters. The van der Waals surface area contributed by atoms with Gasteiger partial charge in [0.2, 0.25) is 0 Å². The lowest BCUT2D eigenvalue weighted by molar-refractivity contribution is -0.138. The van der Waals surface area contributed by atoms with Crippen LogP contribution in [0.25, 0.3) is 0 Å².